The molecule has 6 nitrogen and oxygen atoms in total. The molecule has 3 atom stereocenters. The lowest BCUT2D eigenvalue weighted by Crippen LogP contribution is -2.36. The van der Waals surface area contributed by atoms with E-state index in [0.29, 0.717) is 22.6 Å². The van der Waals surface area contributed by atoms with E-state index in [9.17, 15) is 19.8 Å². The third kappa shape index (κ3) is 7.40. The maximum absolute atomic E-state index is 15.7. The number of carboxylic acids is 1. The first-order chi connectivity index (χ1) is 20.6. The molecule has 43 heavy (non-hydrogen) atoms. The Morgan fingerprint density at radius 3 is 2.21 bits per heavy atom. The van der Waals surface area contributed by atoms with Crippen molar-refractivity contribution in [3.63, 3.8) is 0 Å². The average Bonchev–Trinajstić information content (AvgIpc) is 3.30. The zero-order valence-electron chi connectivity index (χ0n) is 24.4. The van der Waals surface area contributed by atoms with E-state index in [-0.39, 0.29) is 29.9 Å². The molecule has 2 aliphatic rings. The molecule has 0 radical (unpaired) electrons. The van der Waals surface area contributed by atoms with Gasteiger partial charge >= 0.3 is 5.97 Å². The minimum atomic E-state index is -1.23. The van der Waals surface area contributed by atoms with Gasteiger partial charge < -0.3 is 19.8 Å². The monoisotopic (exact) mass is 629 g/mol. The molecule has 5 rings (SSSR count). The van der Waals surface area contributed by atoms with E-state index in [2.05, 4.69) is 0 Å². The molecule has 0 aromatic heterocycles. The van der Waals surface area contributed by atoms with Crippen molar-refractivity contribution in [3.05, 3.63) is 105 Å². The van der Waals surface area contributed by atoms with E-state index in [4.69, 9.17) is 27.9 Å². The Balaban J connectivity index is 0.000000530. The fourth-order valence-corrected chi connectivity index (χ4v) is 6.62. The van der Waals surface area contributed by atoms with Crippen LogP contribution in [0, 0.1) is 11.7 Å². The van der Waals surface area contributed by atoms with Gasteiger partial charge in [-0.25, -0.2) is 4.39 Å². The molecule has 1 aliphatic heterocycles. The van der Waals surface area contributed by atoms with Gasteiger partial charge in [-0.3, -0.25) is 9.59 Å². The zero-order chi connectivity index (χ0) is 31.1. The van der Waals surface area contributed by atoms with E-state index in [0.717, 1.165) is 37.1 Å². The topological polar surface area (TPSA) is 87.1 Å². The van der Waals surface area contributed by atoms with Crippen molar-refractivity contribution < 1.29 is 28.9 Å². The molecule has 1 amide bonds. The van der Waals surface area contributed by atoms with Crippen LogP contribution in [-0.2, 0) is 15.1 Å². The molecule has 0 spiro atoms. The molecule has 9 heteroatoms. The van der Waals surface area contributed by atoms with Crippen molar-refractivity contribution in [1.82, 2.24) is 4.90 Å². The van der Waals surface area contributed by atoms with Gasteiger partial charge in [0.2, 0.25) is 0 Å². The zero-order valence-corrected chi connectivity index (χ0v) is 26.0. The molecule has 1 fully saturated rings. The van der Waals surface area contributed by atoms with Gasteiger partial charge in [0.1, 0.15) is 5.82 Å². The molecule has 0 saturated heterocycles. The van der Waals surface area contributed by atoms with Gasteiger partial charge in [-0.2, -0.15) is 0 Å². The quantitative estimate of drug-likeness (QED) is 0.247. The van der Waals surface area contributed by atoms with Crippen LogP contribution in [0.25, 0.3) is 0 Å². The number of halogens is 3. The highest BCUT2D eigenvalue weighted by molar-refractivity contribution is 6.30. The number of aliphatic carboxylic acids is 1. The minimum Gasteiger partial charge on any atom is -0.481 e. The third-order valence-corrected chi connectivity index (χ3v) is 9.10. The Kier molecular flexibility index (Phi) is 11.2. The summed E-state index contributed by atoms with van der Waals surface area (Å²) in [5, 5.41) is 22.3. The van der Waals surface area contributed by atoms with Crippen LogP contribution in [0.2, 0.25) is 10.0 Å². The molecular formula is C34H38Cl2FNO5. The van der Waals surface area contributed by atoms with Gasteiger partial charge in [0.05, 0.1) is 17.2 Å². The van der Waals surface area contributed by atoms with Crippen molar-refractivity contribution in [2.24, 2.45) is 5.92 Å². The van der Waals surface area contributed by atoms with Crippen LogP contribution >= 0.6 is 23.2 Å². The minimum absolute atomic E-state index is 0.00286. The summed E-state index contributed by atoms with van der Waals surface area (Å²) in [6, 6.07) is 18.5. The number of ether oxygens (including phenoxy) is 1. The normalized spacial score (nSPS) is 18.8. The van der Waals surface area contributed by atoms with Gasteiger partial charge in [0.25, 0.3) is 5.91 Å². The van der Waals surface area contributed by atoms with Crippen molar-refractivity contribution in [2.45, 2.75) is 76.2 Å². The molecule has 0 bridgehead atoms. The Hall–Kier alpha value is -2.97. The van der Waals surface area contributed by atoms with Gasteiger partial charge in [-0.1, -0.05) is 79.7 Å². The van der Waals surface area contributed by atoms with Crippen LogP contribution in [0.3, 0.4) is 0 Å². The molecule has 1 aliphatic carbocycles. The Morgan fingerprint density at radius 1 is 1.05 bits per heavy atom. The first-order valence-corrected chi connectivity index (χ1v) is 15.5. The van der Waals surface area contributed by atoms with E-state index in [1.807, 2.05) is 37.3 Å². The number of carbonyl (C=O) groups is 2. The Labute approximate surface area is 262 Å². The van der Waals surface area contributed by atoms with Gasteiger partial charge in [0, 0.05) is 29.1 Å². The predicted octanol–water partition coefficient (Wildman–Crippen LogP) is 8.70. The van der Waals surface area contributed by atoms with Crippen LogP contribution in [0.15, 0.2) is 66.7 Å². The van der Waals surface area contributed by atoms with Gasteiger partial charge in [-0.05, 0) is 79.1 Å². The summed E-state index contributed by atoms with van der Waals surface area (Å²) >= 11 is 11.6. The number of hydrogen-bond donors (Lipinski definition) is 2. The van der Waals surface area contributed by atoms with Gasteiger partial charge in [-0.15, -0.1) is 0 Å². The average molecular weight is 631 g/mol. The molecular weight excluding hydrogens is 592 g/mol. The number of rotatable bonds is 9. The molecule has 2 N–H and O–H groups in total. The number of fused-ring (bicyclic) bond motifs is 1. The van der Waals surface area contributed by atoms with Gasteiger partial charge in [0.15, 0.2) is 6.23 Å². The van der Waals surface area contributed by atoms with E-state index in [1.165, 1.54) is 18.1 Å². The maximum Gasteiger partial charge on any atom is 0.303 e. The van der Waals surface area contributed by atoms with Crippen molar-refractivity contribution in [2.75, 3.05) is 7.11 Å². The highest BCUT2D eigenvalue weighted by atomic mass is 35.5. The summed E-state index contributed by atoms with van der Waals surface area (Å²) in [5.41, 5.74) is 0.117. The third-order valence-electron chi connectivity index (χ3n) is 8.59. The van der Waals surface area contributed by atoms with Crippen LogP contribution < -0.4 is 0 Å². The Bertz CT molecular complexity index is 1400. The summed E-state index contributed by atoms with van der Waals surface area (Å²) in [7, 11) is 1.40. The molecule has 3 aromatic carbocycles. The lowest BCUT2D eigenvalue weighted by Gasteiger charge is -2.38. The fraction of sp³-hybridized carbons (Fsp3) is 0.412. The summed E-state index contributed by atoms with van der Waals surface area (Å²) in [5.74, 6) is -2.07. The summed E-state index contributed by atoms with van der Waals surface area (Å²) in [6.07, 6.45) is 4.20. The second kappa shape index (κ2) is 14.7. The van der Waals surface area contributed by atoms with Crippen LogP contribution in [0.1, 0.15) is 97.6 Å². The van der Waals surface area contributed by atoms with Crippen LogP contribution in [-0.4, -0.2) is 34.1 Å². The molecule has 3 aromatic rings. The van der Waals surface area contributed by atoms with Crippen molar-refractivity contribution >= 4 is 35.1 Å². The number of benzene rings is 3. The maximum atomic E-state index is 15.7. The number of methoxy groups -OCH3 is 1. The number of carboxylic acid groups (broad SMARTS) is 1. The van der Waals surface area contributed by atoms with Crippen molar-refractivity contribution in [1.29, 1.82) is 0 Å². The van der Waals surface area contributed by atoms with E-state index < -0.39 is 35.6 Å². The molecule has 230 valence electrons. The Morgan fingerprint density at radius 2 is 1.67 bits per heavy atom. The second-order valence-electron chi connectivity index (χ2n) is 11.1. The van der Waals surface area contributed by atoms with Crippen LogP contribution in [0.4, 0.5) is 4.39 Å². The number of nitrogens with zero attached hydrogens (tertiary/aromatic N) is 1. The van der Waals surface area contributed by atoms with E-state index >= 15 is 4.39 Å². The largest absolute Gasteiger partial charge is 0.481 e. The van der Waals surface area contributed by atoms with E-state index in [1.54, 1.807) is 30.3 Å². The molecule has 1 heterocycles. The summed E-state index contributed by atoms with van der Waals surface area (Å²) in [4.78, 5) is 26.6. The van der Waals surface area contributed by atoms with Crippen molar-refractivity contribution in [3.8, 4) is 0 Å². The molecule has 1 saturated carbocycles. The number of hydrogen-bond acceptors (Lipinski definition) is 4. The predicted molar refractivity (Wildman–Crippen MR) is 166 cm³/mol. The lowest BCUT2D eigenvalue weighted by molar-refractivity contribution is -0.137. The lowest BCUT2D eigenvalue weighted by atomic mass is 9.71. The molecule has 3 unspecified atom stereocenters. The summed E-state index contributed by atoms with van der Waals surface area (Å²) in [6.45, 7) is 1.88. The SMILES string of the molecule is CCC(O)(c1cc(F)c2c(c1)C(=O)N(C(CCC(=O)O)c1ccc(Cl)cc1)C2OC)C1CCCCC1.Clc1ccccc1. The standard InChI is InChI=1S/C28H33ClFNO5.C6H5Cl/c1-3-28(35,18-7-5-4-6-8-18)19-15-21-25(22(30)16-19)27(36-2)31(26(21)34)23(13-14-24(32)33)17-9-11-20(29)12-10-17;7-6-4-2-1-3-5-6/h9-12,15-16,18,23,27,35H,3-8,13-14H2,1-2H3,(H,32,33);1-5H. The number of aliphatic hydroxyl groups is 1. The first kappa shape index (κ1) is 32.9. The first-order valence-electron chi connectivity index (χ1n) is 14.7. The number of amides is 1. The van der Waals surface area contributed by atoms with Crippen LogP contribution in [0.5, 0.6) is 0 Å². The second-order valence-corrected chi connectivity index (χ2v) is 12.0. The number of carbonyl (C=O) groups excluding carboxylic acids is 1. The highest BCUT2D eigenvalue weighted by Gasteiger charge is 2.46. The fourth-order valence-electron chi connectivity index (χ4n) is 6.35. The smallest absolute Gasteiger partial charge is 0.303 e. The highest BCUT2D eigenvalue weighted by Crippen LogP contribution is 2.47. The summed E-state index contributed by atoms with van der Waals surface area (Å²) < 4.78 is 21.4.